The molecule has 0 saturated heterocycles. The van der Waals surface area contributed by atoms with Crippen molar-refractivity contribution in [1.82, 2.24) is 5.32 Å². The van der Waals surface area contributed by atoms with E-state index in [9.17, 15) is 4.79 Å². The van der Waals surface area contributed by atoms with Gasteiger partial charge in [-0.1, -0.05) is 11.6 Å². The van der Waals surface area contributed by atoms with E-state index in [2.05, 4.69) is 5.32 Å². The van der Waals surface area contributed by atoms with Crippen molar-refractivity contribution >= 4 is 17.7 Å². The fourth-order valence-corrected chi connectivity index (χ4v) is 2.14. The Morgan fingerprint density at radius 2 is 1.87 bits per heavy atom. The van der Waals surface area contributed by atoms with Gasteiger partial charge in [0.1, 0.15) is 17.2 Å². The highest BCUT2D eigenvalue weighted by atomic mass is 35.5. The first-order valence-corrected chi connectivity index (χ1v) is 7.56. The van der Waals surface area contributed by atoms with E-state index >= 15 is 0 Å². The van der Waals surface area contributed by atoms with Gasteiger partial charge in [-0.05, 0) is 61.4 Å². The maximum absolute atomic E-state index is 10.3. The number of ether oxygens (including phenoxy) is 2. The zero-order valence-corrected chi connectivity index (χ0v) is 13.5. The van der Waals surface area contributed by atoms with Gasteiger partial charge in [0, 0.05) is 11.6 Å². The maximum Gasteiger partial charge on any atom is 0.404 e. The highest BCUT2D eigenvalue weighted by molar-refractivity contribution is 6.30. The molecule has 0 atom stereocenters. The number of nitrogens with one attached hydrogen (secondary N) is 1. The second kappa shape index (κ2) is 8.29. The Labute approximate surface area is 139 Å². The Morgan fingerprint density at radius 1 is 1.17 bits per heavy atom. The first kappa shape index (κ1) is 17.0. The summed E-state index contributed by atoms with van der Waals surface area (Å²) in [6.45, 7) is 2.74. The summed E-state index contributed by atoms with van der Waals surface area (Å²) in [5.41, 5.74) is 0.962. The van der Waals surface area contributed by atoms with Crippen molar-refractivity contribution < 1.29 is 19.4 Å². The highest BCUT2D eigenvalue weighted by Gasteiger charge is 2.03. The molecule has 0 aliphatic rings. The second-order valence-electron chi connectivity index (χ2n) is 4.92. The lowest BCUT2D eigenvalue weighted by molar-refractivity contribution is 0.193. The van der Waals surface area contributed by atoms with Crippen molar-refractivity contribution in [2.45, 2.75) is 13.3 Å². The van der Waals surface area contributed by atoms with E-state index in [1.807, 2.05) is 43.3 Å². The number of hydrogen-bond donors (Lipinski definition) is 2. The number of carbonyl (C=O) groups is 1. The molecule has 0 saturated carbocycles. The maximum atomic E-state index is 10.3. The third-order valence-corrected chi connectivity index (χ3v) is 3.29. The summed E-state index contributed by atoms with van der Waals surface area (Å²) < 4.78 is 11.3. The Bertz CT molecular complexity index is 658. The molecular weight excluding hydrogens is 318 g/mol. The predicted octanol–water partition coefficient (Wildman–Crippen LogP) is 4.48. The zero-order valence-electron chi connectivity index (χ0n) is 12.7. The molecule has 0 aliphatic heterocycles. The van der Waals surface area contributed by atoms with Crippen LogP contribution in [0, 0.1) is 6.92 Å². The van der Waals surface area contributed by atoms with Gasteiger partial charge in [-0.3, -0.25) is 0 Å². The van der Waals surface area contributed by atoms with E-state index in [0.717, 1.165) is 11.3 Å². The van der Waals surface area contributed by atoms with Crippen LogP contribution in [0.2, 0.25) is 5.02 Å². The molecule has 0 spiro atoms. The number of carboxylic acid groups (broad SMARTS) is 1. The Balaban J connectivity index is 1.83. The number of halogens is 1. The molecule has 2 aromatic carbocycles. The van der Waals surface area contributed by atoms with Gasteiger partial charge in [0.05, 0.1) is 6.61 Å². The van der Waals surface area contributed by atoms with Crippen LogP contribution in [0.25, 0.3) is 0 Å². The molecule has 2 rings (SSSR count). The van der Waals surface area contributed by atoms with E-state index in [4.69, 9.17) is 26.2 Å². The number of hydrogen-bond acceptors (Lipinski definition) is 3. The molecule has 6 heteroatoms. The third kappa shape index (κ3) is 5.71. The first-order valence-electron chi connectivity index (χ1n) is 7.18. The Hall–Kier alpha value is -2.40. The van der Waals surface area contributed by atoms with Gasteiger partial charge in [0.15, 0.2) is 0 Å². The van der Waals surface area contributed by atoms with Crippen LogP contribution in [0.3, 0.4) is 0 Å². The number of amides is 1. The van der Waals surface area contributed by atoms with Crippen LogP contribution in [-0.2, 0) is 0 Å². The first-order chi connectivity index (χ1) is 11.0. The largest absolute Gasteiger partial charge is 0.494 e. The topological polar surface area (TPSA) is 67.8 Å². The van der Waals surface area contributed by atoms with Gasteiger partial charge in [0.2, 0.25) is 0 Å². The van der Waals surface area contributed by atoms with Crippen molar-refractivity contribution in [1.29, 1.82) is 0 Å². The third-order valence-electron chi connectivity index (χ3n) is 3.05. The fraction of sp³-hybridized carbons (Fsp3) is 0.235. The molecule has 0 fully saturated rings. The van der Waals surface area contributed by atoms with Crippen molar-refractivity contribution in [3.05, 3.63) is 53.1 Å². The fourth-order valence-electron chi connectivity index (χ4n) is 1.92. The normalized spacial score (nSPS) is 10.2. The minimum absolute atomic E-state index is 0.367. The van der Waals surface area contributed by atoms with Crippen molar-refractivity contribution in [3.63, 3.8) is 0 Å². The van der Waals surface area contributed by atoms with Crippen LogP contribution in [0.4, 0.5) is 4.79 Å². The van der Waals surface area contributed by atoms with Crippen molar-refractivity contribution in [3.8, 4) is 17.2 Å². The molecule has 23 heavy (non-hydrogen) atoms. The summed E-state index contributed by atoms with van der Waals surface area (Å²) in [6.07, 6.45) is -0.418. The number of rotatable bonds is 7. The van der Waals surface area contributed by atoms with Crippen LogP contribution in [0.15, 0.2) is 42.5 Å². The van der Waals surface area contributed by atoms with Crippen LogP contribution in [0.1, 0.15) is 12.0 Å². The van der Waals surface area contributed by atoms with Gasteiger partial charge in [-0.2, -0.15) is 0 Å². The molecule has 1 amide bonds. The van der Waals surface area contributed by atoms with Gasteiger partial charge in [0.25, 0.3) is 0 Å². The lowest BCUT2D eigenvalue weighted by atomic mass is 10.2. The molecule has 0 aliphatic carbocycles. The molecule has 5 nitrogen and oxygen atoms in total. The molecule has 2 aromatic rings. The van der Waals surface area contributed by atoms with Gasteiger partial charge in [-0.25, -0.2) is 4.79 Å². The predicted molar refractivity (Wildman–Crippen MR) is 88.8 cm³/mol. The summed E-state index contributed by atoms with van der Waals surface area (Å²) in [4.78, 5) is 10.3. The standard InChI is InChI=1S/C17H18ClNO4/c1-12-11-13(18)3-8-16(12)23-15-6-4-14(5-7-15)22-10-2-9-19-17(20)21/h3-8,11,19H,2,9-10H2,1H3,(H,20,21). The summed E-state index contributed by atoms with van der Waals surface area (Å²) >= 11 is 5.92. The molecule has 0 bridgehead atoms. The lowest BCUT2D eigenvalue weighted by Crippen LogP contribution is -2.23. The minimum atomic E-state index is -1.02. The summed E-state index contributed by atoms with van der Waals surface area (Å²) in [7, 11) is 0. The van der Waals surface area contributed by atoms with E-state index in [-0.39, 0.29) is 0 Å². The number of benzene rings is 2. The van der Waals surface area contributed by atoms with E-state index < -0.39 is 6.09 Å². The average molecular weight is 336 g/mol. The zero-order chi connectivity index (χ0) is 16.7. The number of aryl methyl sites for hydroxylation is 1. The van der Waals surface area contributed by atoms with Crippen molar-refractivity contribution in [2.75, 3.05) is 13.2 Å². The Kier molecular flexibility index (Phi) is 6.11. The van der Waals surface area contributed by atoms with Crippen LogP contribution in [0.5, 0.6) is 17.2 Å². The molecule has 0 aromatic heterocycles. The molecule has 0 heterocycles. The quantitative estimate of drug-likeness (QED) is 0.732. The van der Waals surface area contributed by atoms with Gasteiger partial charge >= 0.3 is 6.09 Å². The van der Waals surface area contributed by atoms with Crippen LogP contribution >= 0.6 is 11.6 Å². The molecule has 0 radical (unpaired) electrons. The molecule has 2 N–H and O–H groups in total. The smallest absolute Gasteiger partial charge is 0.404 e. The molecule has 122 valence electrons. The van der Waals surface area contributed by atoms with Gasteiger partial charge < -0.3 is 19.9 Å². The lowest BCUT2D eigenvalue weighted by Gasteiger charge is -2.10. The molecular formula is C17H18ClNO4. The Morgan fingerprint density at radius 3 is 2.52 bits per heavy atom. The summed E-state index contributed by atoms with van der Waals surface area (Å²) in [5, 5.41) is 11.4. The van der Waals surface area contributed by atoms with E-state index in [1.165, 1.54) is 0 Å². The second-order valence-corrected chi connectivity index (χ2v) is 5.35. The van der Waals surface area contributed by atoms with Gasteiger partial charge in [-0.15, -0.1) is 0 Å². The monoisotopic (exact) mass is 335 g/mol. The van der Waals surface area contributed by atoms with E-state index in [0.29, 0.717) is 36.1 Å². The average Bonchev–Trinajstić information content (AvgIpc) is 2.51. The SMILES string of the molecule is Cc1cc(Cl)ccc1Oc1ccc(OCCCNC(=O)O)cc1. The summed E-state index contributed by atoms with van der Waals surface area (Å²) in [6, 6.07) is 12.7. The summed E-state index contributed by atoms with van der Waals surface area (Å²) in [5.74, 6) is 2.17. The molecule has 0 unspecified atom stereocenters. The van der Waals surface area contributed by atoms with Crippen LogP contribution < -0.4 is 14.8 Å². The van der Waals surface area contributed by atoms with Crippen molar-refractivity contribution in [2.24, 2.45) is 0 Å². The minimum Gasteiger partial charge on any atom is -0.494 e. The van der Waals surface area contributed by atoms with Crippen LogP contribution in [-0.4, -0.2) is 24.4 Å². The highest BCUT2D eigenvalue weighted by Crippen LogP contribution is 2.28. The van der Waals surface area contributed by atoms with E-state index in [1.54, 1.807) is 6.07 Å².